The van der Waals surface area contributed by atoms with Crippen molar-refractivity contribution in [1.29, 1.82) is 5.26 Å². The van der Waals surface area contributed by atoms with Crippen LogP contribution in [-0.2, 0) is 0 Å². The molecule has 0 aliphatic rings. The minimum Gasteiger partial charge on any atom is -0.492 e. The van der Waals surface area contributed by atoms with E-state index in [4.69, 9.17) is 21.6 Å². The van der Waals surface area contributed by atoms with Gasteiger partial charge in [-0.1, -0.05) is 23.7 Å². The molecule has 2 aromatic carbocycles. The number of para-hydroxylation sites is 1. The molecule has 0 aliphatic heterocycles. The second-order valence-corrected chi connectivity index (χ2v) is 5.11. The number of hydrogen-bond donors (Lipinski definition) is 2. The number of nitrogens with zero attached hydrogens (tertiary/aromatic N) is 1. The Morgan fingerprint density at radius 3 is 2.61 bits per heavy atom. The predicted molar refractivity (Wildman–Crippen MR) is 89.7 cm³/mol. The first-order valence-corrected chi connectivity index (χ1v) is 7.49. The van der Waals surface area contributed by atoms with Gasteiger partial charge < -0.3 is 15.4 Å². The second-order valence-electron chi connectivity index (χ2n) is 4.70. The molecule has 0 saturated carbocycles. The number of benzene rings is 2. The zero-order valence-corrected chi connectivity index (χ0v) is 13.1. The molecular formula is C17H16ClN3O2. The molecule has 2 N–H and O–H groups in total. The minimum absolute atomic E-state index is 0.299. The fourth-order valence-corrected chi connectivity index (χ4v) is 2.01. The molecule has 2 rings (SSSR count). The summed E-state index contributed by atoms with van der Waals surface area (Å²) in [5.41, 5.74) is 1.18. The predicted octanol–water partition coefficient (Wildman–Crippen LogP) is 3.80. The van der Waals surface area contributed by atoms with Crippen molar-refractivity contribution < 1.29 is 9.53 Å². The molecule has 0 saturated heterocycles. The van der Waals surface area contributed by atoms with Crippen molar-refractivity contribution in [2.45, 2.75) is 6.42 Å². The minimum atomic E-state index is -0.299. The number of amides is 2. The van der Waals surface area contributed by atoms with Crippen LogP contribution >= 0.6 is 11.6 Å². The van der Waals surface area contributed by atoms with Gasteiger partial charge in [-0.05, 0) is 42.8 Å². The largest absolute Gasteiger partial charge is 0.492 e. The van der Waals surface area contributed by atoms with Crippen molar-refractivity contribution >= 4 is 23.3 Å². The lowest BCUT2D eigenvalue weighted by Crippen LogP contribution is -2.30. The first-order chi connectivity index (χ1) is 11.2. The fraction of sp³-hybridized carbons (Fsp3) is 0.176. The van der Waals surface area contributed by atoms with E-state index < -0.39 is 0 Å². The Kier molecular flexibility index (Phi) is 6.28. The first kappa shape index (κ1) is 16.7. The van der Waals surface area contributed by atoms with E-state index in [2.05, 4.69) is 10.6 Å². The van der Waals surface area contributed by atoms with Crippen LogP contribution in [0.4, 0.5) is 10.5 Å². The summed E-state index contributed by atoms with van der Waals surface area (Å²) >= 11 is 5.97. The lowest BCUT2D eigenvalue weighted by molar-refractivity contribution is 0.250. The second kappa shape index (κ2) is 8.66. The molecule has 6 heteroatoms. The van der Waals surface area contributed by atoms with Crippen LogP contribution in [-0.4, -0.2) is 19.2 Å². The molecule has 0 aliphatic carbocycles. The van der Waals surface area contributed by atoms with Gasteiger partial charge in [0.25, 0.3) is 0 Å². The molecule has 5 nitrogen and oxygen atoms in total. The Morgan fingerprint density at radius 2 is 1.91 bits per heavy atom. The zero-order chi connectivity index (χ0) is 16.5. The summed E-state index contributed by atoms with van der Waals surface area (Å²) in [7, 11) is 0. The molecule has 0 spiro atoms. The van der Waals surface area contributed by atoms with Gasteiger partial charge in [0.15, 0.2) is 0 Å². The molecule has 0 bridgehead atoms. The standard InChI is InChI=1S/C17H16ClN3O2/c18-15-4-1-2-5-16(15)23-11-3-10-20-17(22)21-14-8-6-13(12-19)7-9-14/h1-2,4-9H,3,10-11H2,(H2,20,21,22). The van der Waals surface area contributed by atoms with E-state index in [1.165, 1.54) is 0 Å². The monoisotopic (exact) mass is 329 g/mol. The van der Waals surface area contributed by atoms with Crippen molar-refractivity contribution in [3.8, 4) is 11.8 Å². The average Bonchev–Trinajstić information content (AvgIpc) is 2.57. The third kappa shape index (κ3) is 5.53. The van der Waals surface area contributed by atoms with Gasteiger partial charge in [-0.2, -0.15) is 5.26 Å². The Labute approximate surface area is 139 Å². The summed E-state index contributed by atoms with van der Waals surface area (Å²) in [6, 6.07) is 15.6. The van der Waals surface area contributed by atoms with E-state index >= 15 is 0 Å². The number of carbonyl (C=O) groups excluding carboxylic acids is 1. The molecule has 23 heavy (non-hydrogen) atoms. The van der Waals surface area contributed by atoms with Gasteiger partial charge in [-0.3, -0.25) is 0 Å². The van der Waals surface area contributed by atoms with Gasteiger partial charge in [0, 0.05) is 12.2 Å². The van der Waals surface area contributed by atoms with E-state index in [-0.39, 0.29) is 6.03 Å². The van der Waals surface area contributed by atoms with Crippen LogP contribution < -0.4 is 15.4 Å². The third-order valence-electron chi connectivity index (χ3n) is 2.97. The lowest BCUT2D eigenvalue weighted by atomic mass is 10.2. The first-order valence-electron chi connectivity index (χ1n) is 7.11. The topological polar surface area (TPSA) is 74.2 Å². The number of rotatable bonds is 6. The smallest absolute Gasteiger partial charge is 0.319 e. The van der Waals surface area contributed by atoms with Crippen molar-refractivity contribution in [1.82, 2.24) is 5.32 Å². The van der Waals surface area contributed by atoms with Crippen LogP contribution in [0.25, 0.3) is 0 Å². The Balaban J connectivity index is 1.65. The zero-order valence-electron chi connectivity index (χ0n) is 12.4. The summed E-state index contributed by atoms with van der Waals surface area (Å²) in [5.74, 6) is 0.635. The molecule has 0 heterocycles. The molecule has 0 aromatic heterocycles. The fourth-order valence-electron chi connectivity index (χ4n) is 1.82. The van der Waals surface area contributed by atoms with Crippen LogP contribution in [0.2, 0.25) is 5.02 Å². The van der Waals surface area contributed by atoms with Crippen molar-refractivity contribution in [3.05, 3.63) is 59.1 Å². The lowest BCUT2D eigenvalue weighted by Gasteiger charge is -2.09. The van der Waals surface area contributed by atoms with Crippen LogP contribution in [0, 0.1) is 11.3 Å². The number of urea groups is 1. The normalized spacial score (nSPS) is 9.74. The Hall–Kier alpha value is -2.71. The molecule has 0 atom stereocenters. The summed E-state index contributed by atoms with van der Waals surface area (Å²) < 4.78 is 5.53. The van der Waals surface area contributed by atoms with Gasteiger partial charge in [-0.25, -0.2) is 4.79 Å². The van der Waals surface area contributed by atoms with E-state index in [0.29, 0.717) is 41.6 Å². The van der Waals surface area contributed by atoms with Crippen molar-refractivity contribution in [2.75, 3.05) is 18.5 Å². The molecule has 118 valence electrons. The summed E-state index contributed by atoms with van der Waals surface area (Å²) in [6.45, 7) is 0.938. The highest BCUT2D eigenvalue weighted by Crippen LogP contribution is 2.22. The van der Waals surface area contributed by atoms with E-state index in [1.807, 2.05) is 18.2 Å². The number of anilines is 1. The maximum atomic E-state index is 11.7. The Morgan fingerprint density at radius 1 is 1.17 bits per heavy atom. The molecule has 0 fully saturated rings. The van der Waals surface area contributed by atoms with Crippen molar-refractivity contribution in [3.63, 3.8) is 0 Å². The van der Waals surface area contributed by atoms with Crippen LogP contribution in [0.1, 0.15) is 12.0 Å². The molecular weight excluding hydrogens is 314 g/mol. The average molecular weight is 330 g/mol. The highest BCUT2D eigenvalue weighted by atomic mass is 35.5. The number of halogens is 1. The maximum absolute atomic E-state index is 11.7. The van der Waals surface area contributed by atoms with Crippen LogP contribution in [0.3, 0.4) is 0 Å². The number of carbonyl (C=O) groups is 1. The van der Waals surface area contributed by atoms with Crippen LogP contribution in [0.5, 0.6) is 5.75 Å². The van der Waals surface area contributed by atoms with Gasteiger partial charge in [-0.15, -0.1) is 0 Å². The number of nitriles is 1. The number of ether oxygens (including phenoxy) is 1. The van der Waals surface area contributed by atoms with E-state index in [0.717, 1.165) is 0 Å². The van der Waals surface area contributed by atoms with E-state index in [1.54, 1.807) is 36.4 Å². The highest BCUT2D eigenvalue weighted by molar-refractivity contribution is 6.32. The summed E-state index contributed by atoms with van der Waals surface area (Å²) in [4.78, 5) is 11.7. The van der Waals surface area contributed by atoms with Gasteiger partial charge >= 0.3 is 6.03 Å². The SMILES string of the molecule is N#Cc1ccc(NC(=O)NCCCOc2ccccc2Cl)cc1. The van der Waals surface area contributed by atoms with Gasteiger partial charge in [0.2, 0.25) is 0 Å². The van der Waals surface area contributed by atoms with Gasteiger partial charge in [0.05, 0.1) is 23.3 Å². The molecule has 2 amide bonds. The number of hydrogen-bond acceptors (Lipinski definition) is 3. The summed E-state index contributed by atoms with van der Waals surface area (Å²) in [6.07, 6.45) is 0.659. The van der Waals surface area contributed by atoms with Crippen LogP contribution in [0.15, 0.2) is 48.5 Å². The summed E-state index contributed by atoms with van der Waals surface area (Å²) in [5, 5.41) is 14.7. The number of nitrogens with one attached hydrogen (secondary N) is 2. The van der Waals surface area contributed by atoms with Crippen molar-refractivity contribution in [2.24, 2.45) is 0 Å². The Bertz CT molecular complexity index is 696. The third-order valence-corrected chi connectivity index (χ3v) is 3.29. The molecule has 0 unspecified atom stereocenters. The molecule has 2 aromatic rings. The maximum Gasteiger partial charge on any atom is 0.319 e. The van der Waals surface area contributed by atoms with Gasteiger partial charge in [0.1, 0.15) is 5.75 Å². The quantitative estimate of drug-likeness (QED) is 0.791. The highest BCUT2D eigenvalue weighted by Gasteiger charge is 2.02. The van der Waals surface area contributed by atoms with E-state index in [9.17, 15) is 4.79 Å². The molecule has 0 radical (unpaired) electrons.